The fourth-order valence-corrected chi connectivity index (χ4v) is 3.75. The van der Waals surface area contributed by atoms with Crippen molar-refractivity contribution in [2.75, 3.05) is 7.11 Å². The third-order valence-electron chi connectivity index (χ3n) is 5.45. The van der Waals surface area contributed by atoms with Gasteiger partial charge in [-0.05, 0) is 52.6 Å². The molecule has 6 nitrogen and oxygen atoms in total. The monoisotopic (exact) mass is 466 g/mol. The first-order chi connectivity index (χ1) is 17.1. The van der Waals surface area contributed by atoms with Crippen LogP contribution >= 0.6 is 0 Å². The third-order valence-corrected chi connectivity index (χ3v) is 5.45. The maximum Gasteiger partial charge on any atom is 0.275 e. The molecule has 35 heavy (non-hydrogen) atoms. The molecule has 2 N–H and O–H groups in total. The second-order valence-electron chi connectivity index (χ2n) is 7.89. The summed E-state index contributed by atoms with van der Waals surface area (Å²) < 4.78 is 11.7. The molecule has 0 heterocycles. The number of hydrogen-bond acceptors (Lipinski definition) is 5. The van der Waals surface area contributed by atoms with E-state index in [0.717, 1.165) is 21.9 Å². The molecule has 0 spiro atoms. The number of hydrogen-bond donors (Lipinski definition) is 2. The smallest absolute Gasteiger partial charge is 0.275 e. The summed E-state index contributed by atoms with van der Waals surface area (Å²) in [4.78, 5) is 12.6. The lowest BCUT2D eigenvalue weighted by atomic mass is 10.1. The predicted octanol–water partition coefficient (Wildman–Crippen LogP) is 5.63. The molecule has 0 radical (unpaired) electrons. The minimum absolute atomic E-state index is 0.105. The topological polar surface area (TPSA) is 80.2 Å². The van der Waals surface area contributed by atoms with Crippen LogP contribution in [0.25, 0.3) is 10.8 Å². The van der Waals surface area contributed by atoms with Crippen molar-refractivity contribution in [3.63, 3.8) is 0 Å². The van der Waals surface area contributed by atoms with E-state index in [1.54, 1.807) is 31.4 Å². The van der Waals surface area contributed by atoms with Crippen molar-refractivity contribution in [1.82, 2.24) is 5.43 Å². The van der Waals surface area contributed by atoms with Crippen LogP contribution < -0.4 is 14.9 Å². The molecule has 4 aromatic rings. The van der Waals surface area contributed by atoms with Crippen molar-refractivity contribution in [1.29, 1.82) is 0 Å². The lowest BCUT2D eigenvalue weighted by Crippen LogP contribution is -2.17. The van der Waals surface area contributed by atoms with Gasteiger partial charge in [0.1, 0.15) is 12.4 Å². The largest absolute Gasteiger partial charge is 0.507 e. The number of hydrazone groups is 1. The van der Waals surface area contributed by atoms with E-state index in [0.29, 0.717) is 30.1 Å². The molecule has 0 aromatic heterocycles. The molecule has 0 saturated heterocycles. The SMILES string of the molecule is C=CCc1cc(C=NNC(=O)c2cc3ccccc3cc2O)cc(OC)c1OCc1ccccc1. The number of nitrogens with zero attached hydrogens (tertiary/aromatic N) is 1. The van der Waals surface area contributed by atoms with Gasteiger partial charge in [0, 0.05) is 5.56 Å². The molecule has 6 heteroatoms. The van der Waals surface area contributed by atoms with Crippen molar-refractivity contribution >= 4 is 22.9 Å². The first-order valence-electron chi connectivity index (χ1n) is 11.1. The number of allylic oxidation sites excluding steroid dienone is 1. The Labute approximate surface area is 204 Å². The van der Waals surface area contributed by atoms with Crippen LogP contribution in [-0.2, 0) is 13.0 Å². The Kier molecular flexibility index (Phi) is 7.43. The number of methoxy groups -OCH3 is 1. The second kappa shape index (κ2) is 11.0. The Morgan fingerprint density at radius 1 is 1.03 bits per heavy atom. The molecular weight excluding hydrogens is 440 g/mol. The van der Waals surface area contributed by atoms with E-state index in [2.05, 4.69) is 17.1 Å². The maximum absolute atomic E-state index is 12.6. The second-order valence-corrected chi connectivity index (χ2v) is 7.89. The Bertz CT molecular complexity index is 1380. The summed E-state index contributed by atoms with van der Waals surface area (Å²) in [5.41, 5.74) is 5.28. The number of phenolic OH excluding ortho intramolecular Hbond substituents is 1. The highest BCUT2D eigenvalue weighted by molar-refractivity contribution is 6.01. The molecule has 0 bridgehead atoms. The van der Waals surface area contributed by atoms with Gasteiger partial charge in [-0.2, -0.15) is 5.10 Å². The molecule has 0 aliphatic carbocycles. The number of carbonyl (C=O) groups excluding carboxylic acids is 1. The fourth-order valence-electron chi connectivity index (χ4n) is 3.75. The zero-order chi connectivity index (χ0) is 24.6. The molecule has 4 rings (SSSR count). The van der Waals surface area contributed by atoms with Crippen LogP contribution in [0.4, 0.5) is 0 Å². The zero-order valence-electron chi connectivity index (χ0n) is 19.4. The van der Waals surface area contributed by atoms with E-state index in [-0.39, 0.29) is 11.3 Å². The van der Waals surface area contributed by atoms with E-state index in [9.17, 15) is 9.90 Å². The minimum Gasteiger partial charge on any atom is -0.507 e. The molecule has 0 saturated carbocycles. The van der Waals surface area contributed by atoms with Crippen LogP contribution in [0.1, 0.15) is 27.0 Å². The van der Waals surface area contributed by atoms with Crippen LogP contribution in [0.3, 0.4) is 0 Å². The number of carbonyl (C=O) groups is 1. The number of fused-ring (bicyclic) bond motifs is 1. The number of aromatic hydroxyl groups is 1. The van der Waals surface area contributed by atoms with E-state index in [1.807, 2.05) is 60.7 Å². The van der Waals surface area contributed by atoms with Gasteiger partial charge < -0.3 is 14.6 Å². The predicted molar refractivity (Wildman–Crippen MR) is 138 cm³/mol. The Morgan fingerprint density at radius 2 is 1.74 bits per heavy atom. The third kappa shape index (κ3) is 5.68. The molecular formula is C29H26N2O4. The van der Waals surface area contributed by atoms with Gasteiger partial charge in [-0.3, -0.25) is 4.79 Å². The quantitative estimate of drug-likeness (QED) is 0.190. The Hall–Kier alpha value is -4.58. The lowest BCUT2D eigenvalue weighted by molar-refractivity contribution is 0.0952. The van der Waals surface area contributed by atoms with Gasteiger partial charge in [0.05, 0.1) is 18.9 Å². The van der Waals surface area contributed by atoms with Gasteiger partial charge in [-0.15, -0.1) is 6.58 Å². The van der Waals surface area contributed by atoms with Gasteiger partial charge in [-0.1, -0.05) is 60.7 Å². The highest BCUT2D eigenvalue weighted by Gasteiger charge is 2.14. The Morgan fingerprint density at radius 3 is 2.46 bits per heavy atom. The van der Waals surface area contributed by atoms with E-state index in [1.165, 1.54) is 6.21 Å². The van der Waals surface area contributed by atoms with Crippen LogP contribution in [0.2, 0.25) is 0 Å². The van der Waals surface area contributed by atoms with Crippen LogP contribution in [-0.4, -0.2) is 24.3 Å². The van der Waals surface area contributed by atoms with Crippen molar-refractivity contribution in [2.45, 2.75) is 13.0 Å². The standard InChI is InChI=1S/C29H26N2O4/c1-3-9-24-14-21(15-27(34-2)28(24)35-19-20-10-5-4-6-11-20)18-30-31-29(33)25-16-22-12-7-8-13-23(22)17-26(25)32/h3-8,10-18,32H,1,9,19H2,2H3,(H,31,33). The summed E-state index contributed by atoms with van der Waals surface area (Å²) >= 11 is 0. The van der Waals surface area contributed by atoms with Crippen LogP contribution in [0.15, 0.2) is 96.6 Å². The fraction of sp³-hybridized carbons (Fsp3) is 0.103. The van der Waals surface area contributed by atoms with E-state index >= 15 is 0 Å². The minimum atomic E-state index is -0.509. The summed E-state index contributed by atoms with van der Waals surface area (Å²) in [7, 11) is 1.58. The summed E-state index contributed by atoms with van der Waals surface area (Å²) in [6, 6.07) is 24.3. The lowest BCUT2D eigenvalue weighted by Gasteiger charge is -2.16. The number of phenols is 1. The average molecular weight is 467 g/mol. The molecule has 0 aliphatic heterocycles. The zero-order valence-corrected chi connectivity index (χ0v) is 19.4. The van der Waals surface area contributed by atoms with E-state index < -0.39 is 5.91 Å². The van der Waals surface area contributed by atoms with Crippen molar-refractivity contribution in [3.8, 4) is 17.2 Å². The first-order valence-corrected chi connectivity index (χ1v) is 11.1. The van der Waals surface area contributed by atoms with Gasteiger partial charge >= 0.3 is 0 Å². The Balaban J connectivity index is 1.52. The molecule has 0 fully saturated rings. The highest BCUT2D eigenvalue weighted by atomic mass is 16.5. The van der Waals surface area contributed by atoms with Gasteiger partial charge in [0.15, 0.2) is 11.5 Å². The van der Waals surface area contributed by atoms with Gasteiger partial charge in [0.25, 0.3) is 5.91 Å². The van der Waals surface area contributed by atoms with Crippen molar-refractivity contribution < 1.29 is 19.4 Å². The summed E-state index contributed by atoms with van der Waals surface area (Å²) in [6.45, 7) is 4.24. The first kappa shape index (κ1) is 23.6. The van der Waals surface area contributed by atoms with Gasteiger partial charge in [-0.25, -0.2) is 5.43 Å². The highest BCUT2D eigenvalue weighted by Crippen LogP contribution is 2.34. The normalized spacial score (nSPS) is 10.9. The average Bonchev–Trinajstić information content (AvgIpc) is 2.88. The number of benzene rings is 4. The number of ether oxygens (including phenoxy) is 2. The number of rotatable bonds is 9. The molecule has 1 amide bonds. The summed E-state index contributed by atoms with van der Waals surface area (Å²) in [5.74, 6) is 0.579. The number of amides is 1. The van der Waals surface area contributed by atoms with E-state index in [4.69, 9.17) is 9.47 Å². The maximum atomic E-state index is 12.6. The van der Waals surface area contributed by atoms with Gasteiger partial charge in [0.2, 0.25) is 0 Å². The molecule has 4 aromatic carbocycles. The molecule has 0 unspecified atom stereocenters. The molecule has 0 aliphatic rings. The van der Waals surface area contributed by atoms with Crippen LogP contribution in [0, 0.1) is 0 Å². The van der Waals surface area contributed by atoms with Crippen molar-refractivity contribution in [3.05, 3.63) is 114 Å². The van der Waals surface area contributed by atoms with Crippen LogP contribution in [0.5, 0.6) is 17.2 Å². The molecule has 176 valence electrons. The molecule has 0 atom stereocenters. The summed E-state index contributed by atoms with van der Waals surface area (Å²) in [6.07, 6.45) is 3.88. The summed E-state index contributed by atoms with van der Waals surface area (Å²) in [5, 5.41) is 16.1. The van der Waals surface area contributed by atoms with Crippen molar-refractivity contribution in [2.24, 2.45) is 5.10 Å². The number of nitrogens with one attached hydrogen (secondary N) is 1.